The molecule has 3 aromatic carbocycles. The summed E-state index contributed by atoms with van der Waals surface area (Å²) in [6.07, 6.45) is 1.88. The topological polar surface area (TPSA) is 47.5 Å². The average Bonchev–Trinajstić information content (AvgIpc) is 2.85. The number of rotatable bonds is 2. The Morgan fingerprint density at radius 1 is 1.00 bits per heavy atom. The summed E-state index contributed by atoms with van der Waals surface area (Å²) in [4.78, 5) is 4.59. The second-order valence-electron chi connectivity index (χ2n) is 6.80. The van der Waals surface area contributed by atoms with E-state index in [0.29, 0.717) is 5.69 Å². The molecular formula is C21H19N2O-. The molecule has 0 saturated heterocycles. The van der Waals surface area contributed by atoms with Crippen LogP contribution in [0.2, 0.25) is 0 Å². The molecule has 1 aliphatic rings. The van der Waals surface area contributed by atoms with Crippen molar-refractivity contribution in [3.05, 3.63) is 66.2 Å². The van der Waals surface area contributed by atoms with Gasteiger partial charge in [-0.15, -0.1) is 0 Å². The summed E-state index contributed by atoms with van der Waals surface area (Å²) in [5, 5.41) is 17.7. The lowest BCUT2D eigenvalue weighted by Gasteiger charge is -2.24. The van der Waals surface area contributed by atoms with Gasteiger partial charge in [-0.2, -0.15) is 0 Å². The van der Waals surface area contributed by atoms with Crippen LogP contribution in [-0.4, -0.2) is 12.3 Å². The first-order valence-electron chi connectivity index (χ1n) is 8.16. The van der Waals surface area contributed by atoms with E-state index in [1.807, 2.05) is 42.6 Å². The predicted molar refractivity (Wildman–Crippen MR) is 98.4 cm³/mol. The number of nitrogens with one attached hydrogen (secondary N) is 1. The highest BCUT2D eigenvalue weighted by Gasteiger charge is 2.37. The third-order valence-corrected chi connectivity index (χ3v) is 4.93. The molecule has 0 aromatic heterocycles. The Balaban J connectivity index is 1.74. The van der Waals surface area contributed by atoms with Crippen molar-refractivity contribution in [3.8, 4) is 5.75 Å². The number of aliphatic imine (C=N–C) groups is 1. The molecule has 1 aliphatic heterocycles. The van der Waals surface area contributed by atoms with Crippen molar-refractivity contribution in [3.63, 3.8) is 0 Å². The normalized spacial score (nSPS) is 18.7. The molecule has 1 atom stereocenters. The molecule has 1 N–H and O–H groups in total. The molecule has 0 radical (unpaired) electrons. The van der Waals surface area contributed by atoms with E-state index in [1.54, 1.807) is 6.07 Å². The fraction of sp³-hybridized carbons (Fsp3) is 0.190. The maximum Gasteiger partial charge on any atom is 0.0708 e. The van der Waals surface area contributed by atoms with Crippen LogP contribution in [0.25, 0.3) is 10.8 Å². The van der Waals surface area contributed by atoms with Crippen molar-refractivity contribution < 1.29 is 5.11 Å². The molecular weight excluding hydrogens is 296 g/mol. The van der Waals surface area contributed by atoms with Gasteiger partial charge in [0.2, 0.25) is 0 Å². The van der Waals surface area contributed by atoms with Gasteiger partial charge >= 0.3 is 0 Å². The Bertz CT molecular complexity index is 943. The maximum atomic E-state index is 12.3. The Morgan fingerprint density at radius 3 is 2.58 bits per heavy atom. The van der Waals surface area contributed by atoms with E-state index >= 15 is 0 Å². The third-order valence-electron chi connectivity index (χ3n) is 4.93. The first-order chi connectivity index (χ1) is 11.6. The summed E-state index contributed by atoms with van der Waals surface area (Å²) in [6, 6.07) is 19.7. The minimum atomic E-state index is -0.0757. The molecule has 24 heavy (non-hydrogen) atoms. The predicted octanol–water partition coefficient (Wildman–Crippen LogP) is 4.39. The fourth-order valence-electron chi connectivity index (χ4n) is 3.43. The summed E-state index contributed by atoms with van der Waals surface area (Å²) in [5.41, 5.74) is 2.86. The van der Waals surface area contributed by atoms with Crippen molar-refractivity contribution in [2.75, 3.05) is 5.32 Å². The monoisotopic (exact) mass is 315 g/mol. The van der Waals surface area contributed by atoms with Gasteiger partial charge in [0.25, 0.3) is 0 Å². The van der Waals surface area contributed by atoms with Gasteiger partial charge in [0.1, 0.15) is 0 Å². The Morgan fingerprint density at radius 2 is 1.75 bits per heavy atom. The second kappa shape index (κ2) is 5.38. The Labute approximate surface area is 141 Å². The smallest absolute Gasteiger partial charge is 0.0708 e. The third kappa shape index (κ3) is 2.24. The van der Waals surface area contributed by atoms with Crippen LogP contribution in [0.5, 0.6) is 5.75 Å². The van der Waals surface area contributed by atoms with Gasteiger partial charge in [0.05, 0.1) is 11.7 Å². The summed E-state index contributed by atoms with van der Waals surface area (Å²) in [6.45, 7) is 4.40. The van der Waals surface area contributed by atoms with Gasteiger partial charge in [-0.25, -0.2) is 0 Å². The lowest BCUT2D eigenvalue weighted by molar-refractivity contribution is -0.267. The van der Waals surface area contributed by atoms with Crippen molar-refractivity contribution >= 4 is 28.4 Å². The van der Waals surface area contributed by atoms with Crippen LogP contribution in [-0.2, 0) is 5.41 Å². The molecule has 4 rings (SSSR count). The molecule has 120 valence electrons. The molecule has 0 saturated carbocycles. The van der Waals surface area contributed by atoms with Crippen LogP contribution in [0.3, 0.4) is 0 Å². The molecule has 1 unspecified atom stereocenters. The molecule has 0 aliphatic carbocycles. The number of hydrogen-bond acceptors (Lipinski definition) is 3. The van der Waals surface area contributed by atoms with E-state index in [0.717, 1.165) is 16.5 Å². The molecule has 0 bridgehead atoms. The summed E-state index contributed by atoms with van der Waals surface area (Å²) >= 11 is 0. The van der Waals surface area contributed by atoms with Crippen LogP contribution in [0.1, 0.15) is 19.4 Å². The van der Waals surface area contributed by atoms with Crippen LogP contribution in [0.15, 0.2) is 65.7 Å². The van der Waals surface area contributed by atoms with Gasteiger partial charge in [-0.3, -0.25) is 4.99 Å². The molecule has 0 spiro atoms. The highest BCUT2D eigenvalue weighted by Crippen LogP contribution is 2.40. The van der Waals surface area contributed by atoms with E-state index in [9.17, 15) is 5.11 Å². The van der Waals surface area contributed by atoms with Gasteiger partial charge in [-0.05, 0) is 17.0 Å². The van der Waals surface area contributed by atoms with Gasteiger partial charge in [0, 0.05) is 22.7 Å². The highest BCUT2D eigenvalue weighted by molar-refractivity contribution is 5.97. The summed E-state index contributed by atoms with van der Waals surface area (Å²) < 4.78 is 0. The largest absolute Gasteiger partial charge is 0.871 e. The number of nitrogens with zero attached hydrogens (tertiary/aromatic N) is 1. The van der Waals surface area contributed by atoms with Crippen LogP contribution >= 0.6 is 0 Å². The van der Waals surface area contributed by atoms with E-state index < -0.39 is 0 Å². The van der Waals surface area contributed by atoms with E-state index in [2.05, 4.69) is 42.4 Å². The van der Waals surface area contributed by atoms with Crippen LogP contribution in [0, 0.1) is 0 Å². The van der Waals surface area contributed by atoms with Gasteiger partial charge < -0.3 is 10.4 Å². The molecule has 0 fully saturated rings. The van der Waals surface area contributed by atoms with E-state index in [1.165, 1.54) is 5.56 Å². The van der Waals surface area contributed by atoms with Crippen molar-refractivity contribution in [2.24, 2.45) is 4.99 Å². The van der Waals surface area contributed by atoms with Crippen molar-refractivity contribution in [2.45, 2.75) is 25.3 Å². The lowest BCUT2D eigenvalue weighted by Crippen LogP contribution is -2.34. The quantitative estimate of drug-likeness (QED) is 0.713. The molecule has 0 amide bonds. The Hall–Kier alpha value is -2.81. The zero-order valence-electron chi connectivity index (χ0n) is 13.8. The molecule has 3 heteroatoms. The zero-order chi connectivity index (χ0) is 16.7. The number of hydrogen-bond donors (Lipinski definition) is 1. The molecule has 3 aromatic rings. The minimum absolute atomic E-state index is 0.0433. The van der Waals surface area contributed by atoms with E-state index in [-0.39, 0.29) is 17.2 Å². The Kier molecular flexibility index (Phi) is 3.31. The first kappa shape index (κ1) is 14.8. The standard InChI is InChI=1S/C21H20N2O/c1-21(2)16-9-5-6-10-17(16)23-19(21)13-22-20-15-8-4-3-7-14(15)11-12-18(20)24/h3-13,19,23-24H,1-2H3/p-1. The number of anilines is 1. The number of fused-ring (bicyclic) bond motifs is 2. The molecule has 1 heterocycles. The van der Waals surface area contributed by atoms with Gasteiger partial charge in [0.15, 0.2) is 0 Å². The van der Waals surface area contributed by atoms with Gasteiger partial charge in [-0.1, -0.05) is 74.2 Å². The minimum Gasteiger partial charge on any atom is -0.871 e. The van der Waals surface area contributed by atoms with Crippen LogP contribution in [0.4, 0.5) is 11.4 Å². The number of benzene rings is 3. The van der Waals surface area contributed by atoms with Crippen molar-refractivity contribution in [1.82, 2.24) is 0 Å². The molecule has 3 nitrogen and oxygen atoms in total. The van der Waals surface area contributed by atoms with E-state index in [4.69, 9.17) is 0 Å². The fourth-order valence-corrected chi connectivity index (χ4v) is 3.43. The second-order valence-corrected chi connectivity index (χ2v) is 6.80. The lowest BCUT2D eigenvalue weighted by atomic mass is 9.81. The summed E-state index contributed by atoms with van der Waals surface area (Å²) in [5.74, 6) is -0.0433. The highest BCUT2D eigenvalue weighted by atomic mass is 16.3. The maximum absolute atomic E-state index is 12.3. The average molecular weight is 315 g/mol. The SMILES string of the molecule is CC1(C)c2ccccc2NC1C=Nc1c([O-])ccc2ccccc12. The summed E-state index contributed by atoms with van der Waals surface area (Å²) in [7, 11) is 0. The number of para-hydroxylation sites is 1. The first-order valence-corrected chi connectivity index (χ1v) is 8.16. The zero-order valence-corrected chi connectivity index (χ0v) is 13.8. The van der Waals surface area contributed by atoms with Crippen molar-refractivity contribution in [1.29, 1.82) is 0 Å². The van der Waals surface area contributed by atoms with Crippen LogP contribution < -0.4 is 10.4 Å².